The minimum atomic E-state index is -1.75. The molecular formula is C34H34B2BrNO8. The lowest BCUT2D eigenvalue weighted by molar-refractivity contribution is -0.122. The molecule has 4 atom stereocenters. The highest BCUT2D eigenvalue weighted by atomic mass is 79.9. The zero-order chi connectivity index (χ0) is 32.5. The van der Waals surface area contributed by atoms with Crippen LogP contribution in [0.2, 0.25) is 6.32 Å². The van der Waals surface area contributed by atoms with Crippen LogP contribution in [0, 0.1) is 17.8 Å². The number of rotatable bonds is 9. The molecule has 6 rings (SSSR count). The fourth-order valence-corrected chi connectivity index (χ4v) is 7.38. The lowest BCUT2D eigenvalue weighted by atomic mass is 9.58. The Balaban J connectivity index is 1.33. The van der Waals surface area contributed by atoms with Gasteiger partial charge < -0.3 is 29.6 Å². The summed E-state index contributed by atoms with van der Waals surface area (Å²) in [5, 5.41) is 40.7. The van der Waals surface area contributed by atoms with E-state index in [1.807, 2.05) is 49.4 Å². The summed E-state index contributed by atoms with van der Waals surface area (Å²) in [5.41, 5.74) is 3.89. The highest BCUT2D eigenvalue weighted by Crippen LogP contribution is 2.51. The monoisotopic (exact) mass is 685 g/mol. The van der Waals surface area contributed by atoms with Crippen LogP contribution in [-0.2, 0) is 14.2 Å². The van der Waals surface area contributed by atoms with Crippen LogP contribution in [0.15, 0.2) is 94.0 Å². The number of carbonyl (C=O) groups excluding carboxylic acids is 2. The molecule has 0 saturated carbocycles. The number of imide groups is 1. The summed E-state index contributed by atoms with van der Waals surface area (Å²) < 4.78 is 13.2. The molecule has 0 spiro atoms. The molecule has 3 aromatic carbocycles. The molecule has 2 aliphatic heterocycles. The van der Waals surface area contributed by atoms with Gasteiger partial charge in [0.1, 0.15) is 18.1 Å². The highest BCUT2D eigenvalue weighted by molar-refractivity contribution is 9.10. The van der Waals surface area contributed by atoms with Crippen LogP contribution in [0.4, 0.5) is 5.69 Å². The number of phenolic OH excluding ortho intramolecular Hbond substituents is 1. The van der Waals surface area contributed by atoms with E-state index in [1.165, 1.54) is 12.1 Å². The van der Waals surface area contributed by atoms with Crippen molar-refractivity contribution in [1.29, 1.82) is 0 Å². The number of hydrogen-bond acceptors (Lipinski definition) is 8. The summed E-state index contributed by atoms with van der Waals surface area (Å²) in [7, 11) is -2.88. The lowest BCUT2D eigenvalue weighted by Crippen LogP contribution is -2.46. The van der Waals surface area contributed by atoms with E-state index in [1.54, 1.807) is 24.3 Å². The molecule has 3 aromatic rings. The predicted molar refractivity (Wildman–Crippen MR) is 179 cm³/mol. The zero-order valence-corrected chi connectivity index (χ0v) is 26.8. The Morgan fingerprint density at radius 3 is 2.61 bits per heavy atom. The summed E-state index contributed by atoms with van der Waals surface area (Å²) in [6.45, 7) is 2.17. The van der Waals surface area contributed by atoms with Gasteiger partial charge in [0.15, 0.2) is 0 Å². The summed E-state index contributed by atoms with van der Waals surface area (Å²) in [5.74, 6) is -1.72. The maximum atomic E-state index is 14.1. The molecule has 1 aliphatic carbocycles. The third kappa shape index (κ3) is 6.59. The normalized spacial score (nSPS) is 23.0. The van der Waals surface area contributed by atoms with E-state index in [0.29, 0.717) is 30.6 Å². The molecule has 12 heteroatoms. The van der Waals surface area contributed by atoms with E-state index in [0.717, 1.165) is 26.1 Å². The number of nitrogens with zero attached hydrogens (tertiary/aromatic N) is 1. The van der Waals surface area contributed by atoms with Crippen molar-refractivity contribution in [3.8, 4) is 11.5 Å². The maximum Gasteiger partial charge on any atom is 0.488 e. The van der Waals surface area contributed by atoms with E-state index in [9.17, 15) is 29.8 Å². The Hall–Kier alpha value is -3.67. The molecule has 0 aromatic heterocycles. The Morgan fingerprint density at radius 1 is 1.07 bits per heavy atom. The van der Waals surface area contributed by atoms with Crippen molar-refractivity contribution in [2.75, 3.05) is 11.5 Å². The molecule has 46 heavy (non-hydrogen) atoms. The predicted octanol–water partition coefficient (Wildman–Crippen LogP) is 4.10. The van der Waals surface area contributed by atoms with Crippen LogP contribution in [0.5, 0.6) is 11.5 Å². The van der Waals surface area contributed by atoms with Gasteiger partial charge in [0.25, 0.3) is 0 Å². The number of ether oxygens (including phenoxy) is 1. The highest BCUT2D eigenvalue weighted by Gasteiger charge is 2.57. The number of aromatic hydroxyl groups is 1. The number of phenols is 1. The number of fused-ring (bicyclic) bond motifs is 3. The molecule has 4 N–H and O–H groups in total. The van der Waals surface area contributed by atoms with Crippen LogP contribution in [0.25, 0.3) is 6.08 Å². The lowest BCUT2D eigenvalue weighted by Gasteiger charge is -2.43. The number of halogens is 1. The molecule has 0 unspecified atom stereocenters. The van der Waals surface area contributed by atoms with Gasteiger partial charge in [-0.1, -0.05) is 57.9 Å². The van der Waals surface area contributed by atoms with Gasteiger partial charge in [-0.15, -0.1) is 0 Å². The zero-order valence-electron chi connectivity index (χ0n) is 25.3. The molecule has 0 bridgehead atoms. The fourth-order valence-electron chi connectivity index (χ4n) is 7.00. The van der Waals surface area contributed by atoms with Crippen LogP contribution < -0.4 is 15.1 Å². The maximum absolute atomic E-state index is 14.1. The first-order valence-electron chi connectivity index (χ1n) is 15.3. The number of anilines is 1. The molecule has 9 nitrogen and oxygen atoms in total. The fraction of sp³-hybridized carbons (Fsp3) is 0.294. The minimum absolute atomic E-state index is 0.158. The quantitative estimate of drug-likeness (QED) is 0.150. The third-order valence-corrected chi connectivity index (χ3v) is 9.58. The molecule has 236 valence electrons. The van der Waals surface area contributed by atoms with Gasteiger partial charge in [-0.05, 0) is 97.5 Å². The second kappa shape index (κ2) is 13.6. The van der Waals surface area contributed by atoms with Crippen LogP contribution in [0.3, 0.4) is 0 Å². The number of carbonyl (C=O) groups is 2. The molecule has 0 radical (unpaired) electrons. The summed E-state index contributed by atoms with van der Waals surface area (Å²) in [6.07, 6.45) is 2.95. The minimum Gasteiger partial charge on any atom is -0.507 e. The molecule has 2 fully saturated rings. The van der Waals surface area contributed by atoms with E-state index in [2.05, 4.69) is 15.9 Å². The number of para-hydroxylation sites is 1. The van der Waals surface area contributed by atoms with Crippen molar-refractivity contribution in [1.82, 2.24) is 0 Å². The van der Waals surface area contributed by atoms with Crippen LogP contribution in [0.1, 0.15) is 31.7 Å². The first-order valence-corrected chi connectivity index (χ1v) is 16.1. The van der Waals surface area contributed by atoms with Gasteiger partial charge in [-0.25, -0.2) is 0 Å². The van der Waals surface area contributed by atoms with E-state index >= 15 is 0 Å². The third-order valence-electron chi connectivity index (χ3n) is 9.08. The van der Waals surface area contributed by atoms with Gasteiger partial charge in [0.2, 0.25) is 11.8 Å². The number of amides is 2. The number of allylic oxidation sites excluding steroid dienone is 1. The molecule has 2 amide bonds. The standard InChI is InChI=1S/C34H34B2BrNO8/c1-20(14-21-15-24(37)11-12-29(21)39)10-13-30-31-22(19-45-26-8-3-2-4-9-26)16-27-32(28(31)18-35(42)46-30)34(41)38(33(27)40)25-7-5-6-23(17-25)36(43)44/h2-9,11-12,14-15,17,27-28,30,32,39,42-44H,10,13,16,18-19H2,1H3/b20-14+/t27-,28+,30-,32-/m1/s1. The van der Waals surface area contributed by atoms with Gasteiger partial charge in [0.05, 0.1) is 23.6 Å². The average Bonchev–Trinajstić information content (AvgIpc) is 3.29. The number of hydrogen-bond donors (Lipinski definition) is 4. The smallest absolute Gasteiger partial charge is 0.488 e. The molecule has 2 saturated heterocycles. The Bertz CT molecular complexity index is 1700. The second-order valence-corrected chi connectivity index (χ2v) is 13.0. The van der Waals surface area contributed by atoms with Gasteiger partial charge in [-0.2, -0.15) is 0 Å². The second-order valence-electron chi connectivity index (χ2n) is 12.1. The van der Waals surface area contributed by atoms with E-state index in [4.69, 9.17) is 9.39 Å². The van der Waals surface area contributed by atoms with E-state index in [-0.39, 0.29) is 41.6 Å². The summed E-state index contributed by atoms with van der Waals surface area (Å²) in [4.78, 5) is 29.1. The summed E-state index contributed by atoms with van der Waals surface area (Å²) >= 11 is 3.45. The Kier molecular flexibility index (Phi) is 9.54. The van der Waals surface area contributed by atoms with Crippen molar-refractivity contribution in [3.05, 3.63) is 99.6 Å². The topological polar surface area (TPSA) is 137 Å². The van der Waals surface area contributed by atoms with E-state index < -0.39 is 38.1 Å². The van der Waals surface area contributed by atoms with Crippen molar-refractivity contribution in [3.63, 3.8) is 0 Å². The van der Waals surface area contributed by atoms with Gasteiger partial charge >= 0.3 is 14.2 Å². The average molecular weight is 686 g/mol. The Morgan fingerprint density at radius 2 is 1.85 bits per heavy atom. The van der Waals surface area contributed by atoms with Crippen molar-refractivity contribution in [2.24, 2.45) is 17.8 Å². The van der Waals surface area contributed by atoms with Crippen LogP contribution in [-0.4, -0.2) is 58.9 Å². The van der Waals surface area contributed by atoms with Gasteiger partial charge in [-0.3, -0.25) is 14.5 Å². The van der Waals surface area contributed by atoms with Crippen molar-refractivity contribution < 1.29 is 39.2 Å². The van der Waals surface area contributed by atoms with Crippen molar-refractivity contribution >= 4 is 59.2 Å². The first-order chi connectivity index (χ1) is 22.1. The van der Waals surface area contributed by atoms with Crippen LogP contribution >= 0.6 is 15.9 Å². The molecule has 2 heterocycles. The van der Waals surface area contributed by atoms with Gasteiger partial charge in [0, 0.05) is 10.0 Å². The Labute approximate surface area is 276 Å². The summed E-state index contributed by atoms with van der Waals surface area (Å²) in [6, 6.07) is 20.7. The SMILES string of the molecule is C/C(=C\c1cc(Br)ccc1O)CC[C@H]1OB(O)C[C@H]2C1=C(COc1ccccc1)C[C@H]1C(=O)N(c3cccc(B(O)O)c3)C(=O)[C@H]12. The molecule has 3 aliphatic rings. The molecular weight excluding hydrogens is 652 g/mol. The number of benzene rings is 3. The largest absolute Gasteiger partial charge is 0.507 e. The van der Waals surface area contributed by atoms with Crippen molar-refractivity contribution in [2.45, 2.75) is 38.6 Å². The first kappa shape index (κ1) is 32.3.